The van der Waals surface area contributed by atoms with Gasteiger partial charge >= 0.3 is 6.18 Å². The first-order chi connectivity index (χ1) is 18.2. The lowest BCUT2D eigenvalue weighted by atomic mass is 9.93. The van der Waals surface area contributed by atoms with Gasteiger partial charge in [0.25, 0.3) is 0 Å². The Morgan fingerprint density at radius 2 is 1.84 bits per heavy atom. The molecule has 196 valence electrons. The smallest absolute Gasteiger partial charge is 0.416 e. The standard InChI is InChI=1S/C31H29F3N2O2/c1-3-22-16-25(13-12-24-10-7-11-27(28(24)18-35)23-8-5-4-6-9-23)29(31(32,33)34)17-26(22)19-36-14-15-38-20-30(36)21(2)37/h4-13,16-17,30,37H,2-3,14-15,19-20H2,1H3/b13-12+/t30-/m0/s1. The van der Waals surface area contributed by atoms with Crippen molar-refractivity contribution < 1.29 is 23.0 Å². The summed E-state index contributed by atoms with van der Waals surface area (Å²) in [7, 11) is 0. The molecule has 3 aromatic rings. The Balaban J connectivity index is 1.74. The van der Waals surface area contributed by atoms with E-state index < -0.39 is 17.8 Å². The number of benzene rings is 3. The van der Waals surface area contributed by atoms with E-state index in [1.807, 2.05) is 48.2 Å². The predicted molar refractivity (Wildman–Crippen MR) is 143 cm³/mol. The number of aliphatic hydroxyl groups excluding tert-OH is 1. The maximum absolute atomic E-state index is 14.2. The highest BCUT2D eigenvalue weighted by Gasteiger charge is 2.34. The minimum Gasteiger partial charge on any atom is -0.511 e. The number of morpholine rings is 1. The molecular weight excluding hydrogens is 489 g/mol. The first-order valence-electron chi connectivity index (χ1n) is 12.4. The van der Waals surface area contributed by atoms with Gasteiger partial charge in [0, 0.05) is 18.7 Å². The van der Waals surface area contributed by atoms with Crippen molar-refractivity contribution in [3.8, 4) is 17.2 Å². The van der Waals surface area contributed by atoms with Gasteiger partial charge in [-0.25, -0.2) is 0 Å². The van der Waals surface area contributed by atoms with E-state index in [4.69, 9.17) is 4.74 Å². The molecule has 0 unspecified atom stereocenters. The van der Waals surface area contributed by atoms with Crippen LogP contribution in [0.2, 0.25) is 0 Å². The van der Waals surface area contributed by atoms with E-state index in [0.717, 1.165) is 16.7 Å². The van der Waals surface area contributed by atoms with Gasteiger partial charge in [0.2, 0.25) is 0 Å². The summed E-state index contributed by atoms with van der Waals surface area (Å²) < 4.78 is 48.1. The topological polar surface area (TPSA) is 56.5 Å². The number of alkyl halides is 3. The van der Waals surface area contributed by atoms with E-state index in [2.05, 4.69) is 12.6 Å². The molecule has 0 amide bonds. The molecule has 1 saturated heterocycles. The number of aryl methyl sites for hydroxylation is 1. The summed E-state index contributed by atoms with van der Waals surface area (Å²) in [6.07, 6.45) is -1.03. The van der Waals surface area contributed by atoms with Gasteiger partial charge in [-0.2, -0.15) is 18.4 Å². The van der Waals surface area contributed by atoms with Crippen LogP contribution < -0.4 is 0 Å². The lowest BCUT2D eigenvalue weighted by Crippen LogP contribution is -2.45. The van der Waals surface area contributed by atoms with Gasteiger partial charge in [-0.1, -0.05) is 80.3 Å². The van der Waals surface area contributed by atoms with Crippen molar-refractivity contribution in [2.45, 2.75) is 32.1 Å². The van der Waals surface area contributed by atoms with Gasteiger partial charge in [-0.3, -0.25) is 4.90 Å². The van der Waals surface area contributed by atoms with E-state index in [0.29, 0.717) is 36.3 Å². The van der Waals surface area contributed by atoms with Crippen LogP contribution in [0.25, 0.3) is 23.3 Å². The first-order valence-corrected chi connectivity index (χ1v) is 12.4. The number of aliphatic hydroxyl groups is 1. The highest BCUT2D eigenvalue weighted by Crippen LogP contribution is 2.36. The molecule has 1 fully saturated rings. The average molecular weight is 519 g/mol. The molecule has 0 bridgehead atoms. The van der Waals surface area contributed by atoms with Crippen LogP contribution in [0.3, 0.4) is 0 Å². The van der Waals surface area contributed by atoms with Crippen LogP contribution in [-0.4, -0.2) is 35.8 Å². The van der Waals surface area contributed by atoms with Gasteiger partial charge in [-0.05, 0) is 40.3 Å². The molecule has 1 aliphatic heterocycles. The average Bonchev–Trinajstić information content (AvgIpc) is 2.91. The maximum Gasteiger partial charge on any atom is 0.416 e. The molecule has 1 heterocycles. The third-order valence-electron chi connectivity index (χ3n) is 6.79. The zero-order chi connectivity index (χ0) is 27.3. The molecule has 3 aromatic carbocycles. The third kappa shape index (κ3) is 5.99. The van der Waals surface area contributed by atoms with Crippen molar-refractivity contribution in [3.63, 3.8) is 0 Å². The fraction of sp³-hybridized carbons (Fsp3) is 0.258. The zero-order valence-electron chi connectivity index (χ0n) is 21.1. The third-order valence-corrected chi connectivity index (χ3v) is 6.79. The Labute approximate surface area is 220 Å². The van der Waals surface area contributed by atoms with Crippen molar-refractivity contribution >= 4 is 12.2 Å². The fourth-order valence-electron chi connectivity index (χ4n) is 4.79. The molecular formula is C31H29F3N2O2. The summed E-state index contributed by atoms with van der Waals surface area (Å²) in [5, 5.41) is 19.8. The molecule has 7 heteroatoms. The van der Waals surface area contributed by atoms with Gasteiger partial charge in [0.1, 0.15) is 11.8 Å². The van der Waals surface area contributed by atoms with Crippen LogP contribution in [0.1, 0.15) is 40.3 Å². The van der Waals surface area contributed by atoms with Crippen molar-refractivity contribution in [2.75, 3.05) is 19.8 Å². The fourth-order valence-corrected chi connectivity index (χ4v) is 4.79. The Morgan fingerprint density at radius 3 is 2.50 bits per heavy atom. The lowest BCUT2D eigenvalue weighted by Gasteiger charge is -2.35. The van der Waals surface area contributed by atoms with Crippen LogP contribution in [-0.2, 0) is 23.9 Å². The molecule has 1 N–H and O–H groups in total. The molecule has 38 heavy (non-hydrogen) atoms. The second kappa shape index (κ2) is 11.7. The van der Waals surface area contributed by atoms with E-state index in [9.17, 15) is 23.5 Å². The van der Waals surface area contributed by atoms with Crippen molar-refractivity contribution in [1.82, 2.24) is 4.90 Å². The Morgan fingerprint density at radius 1 is 1.11 bits per heavy atom. The highest BCUT2D eigenvalue weighted by atomic mass is 19.4. The molecule has 0 spiro atoms. The van der Waals surface area contributed by atoms with Crippen LogP contribution in [0.4, 0.5) is 13.2 Å². The highest BCUT2D eigenvalue weighted by molar-refractivity contribution is 5.81. The quantitative estimate of drug-likeness (QED) is 0.264. The summed E-state index contributed by atoms with van der Waals surface area (Å²) in [4.78, 5) is 1.89. The zero-order valence-corrected chi connectivity index (χ0v) is 21.1. The van der Waals surface area contributed by atoms with E-state index in [1.54, 1.807) is 24.3 Å². The number of ether oxygens (including phenoxy) is 1. The number of hydrogen-bond acceptors (Lipinski definition) is 4. The molecule has 1 atom stereocenters. The van der Waals surface area contributed by atoms with Crippen LogP contribution >= 0.6 is 0 Å². The van der Waals surface area contributed by atoms with Crippen LogP contribution in [0.15, 0.2) is 73.0 Å². The number of nitrogens with zero attached hydrogens (tertiary/aromatic N) is 2. The minimum atomic E-state index is -4.57. The molecule has 0 radical (unpaired) electrons. The van der Waals surface area contributed by atoms with Gasteiger partial charge in [-0.15, -0.1) is 0 Å². The molecule has 0 aliphatic carbocycles. The molecule has 4 nitrogen and oxygen atoms in total. The van der Waals surface area contributed by atoms with E-state index >= 15 is 0 Å². The summed E-state index contributed by atoms with van der Waals surface area (Å²) in [5.74, 6) is -0.0654. The van der Waals surface area contributed by atoms with Crippen LogP contribution in [0.5, 0.6) is 0 Å². The van der Waals surface area contributed by atoms with Crippen LogP contribution in [0, 0.1) is 11.3 Å². The molecule has 1 aliphatic rings. The Kier molecular flexibility index (Phi) is 8.35. The Bertz CT molecular complexity index is 1370. The summed E-state index contributed by atoms with van der Waals surface area (Å²) >= 11 is 0. The Hall–Kier alpha value is -3.86. The molecule has 4 rings (SSSR count). The summed E-state index contributed by atoms with van der Waals surface area (Å²) in [5.41, 5.74) is 3.16. The number of hydrogen-bond donors (Lipinski definition) is 1. The molecule has 0 aromatic heterocycles. The van der Waals surface area contributed by atoms with Gasteiger partial charge < -0.3 is 9.84 Å². The predicted octanol–water partition coefficient (Wildman–Crippen LogP) is 7.25. The van der Waals surface area contributed by atoms with Gasteiger partial charge in [0.05, 0.1) is 30.4 Å². The number of rotatable bonds is 7. The van der Waals surface area contributed by atoms with Gasteiger partial charge in [0.15, 0.2) is 0 Å². The monoisotopic (exact) mass is 518 g/mol. The number of halogens is 3. The van der Waals surface area contributed by atoms with E-state index in [1.165, 1.54) is 12.1 Å². The number of nitriles is 1. The maximum atomic E-state index is 14.2. The van der Waals surface area contributed by atoms with Crippen molar-refractivity contribution in [3.05, 3.63) is 106 Å². The second-order valence-corrected chi connectivity index (χ2v) is 9.19. The molecule has 0 saturated carbocycles. The minimum absolute atomic E-state index is 0.0391. The van der Waals surface area contributed by atoms with Crippen molar-refractivity contribution in [1.29, 1.82) is 5.26 Å². The summed E-state index contributed by atoms with van der Waals surface area (Å²) in [6.45, 7) is 6.89. The normalized spacial score (nSPS) is 16.4. The largest absolute Gasteiger partial charge is 0.511 e. The van der Waals surface area contributed by atoms with Crippen molar-refractivity contribution in [2.24, 2.45) is 0 Å². The SMILES string of the molecule is C=C(O)[C@@H]1COCCN1Cc1cc(C(F)(F)F)c(/C=C/c2cccc(-c3ccccc3)c2C#N)cc1CC. The van der Waals surface area contributed by atoms with E-state index in [-0.39, 0.29) is 24.5 Å². The lowest BCUT2D eigenvalue weighted by molar-refractivity contribution is -0.137. The first kappa shape index (κ1) is 27.2. The summed E-state index contributed by atoms with van der Waals surface area (Å²) in [6, 6.07) is 19.3. The second-order valence-electron chi connectivity index (χ2n) is 9.19.